The summed E-state index contributed by atoms with van der Waals surface area (Å²) in [6, 6.07) is 3.09. The lowest BCUT2D eigenvalue weighted by atomic mass is 10.5. The Hall–Kier alpha value is -1.07. The maximum atomic E-state index is 10.4. The highest BCUT2D eigenvalue weighted by molar-refractivity contribution is 7.16. The van der Waals surface area contributed by atoms with Crippen molar-refractivity contribution in [2.75, 3.05) is 5.32 Å². The lowest BCUT2D eigenvalue weighted by Gasteiger charge is -1.93. The molecule has 4 nitrogen and oxygen atoms in total. The van der Waals surface area contributed by atoms with E-state index in [-0.39, 0.29) is 0 Å². The molecule has 0 atom stereocenters. The molecule has 1 rings (SSSR count). The molecule has 0 spiro atoms. The first kappa shape index (κ1) is 8.03. The fourth-order valence-electron chi connectivity index (χ4n) is 0.676. The second-order valence-electron chi connectivity index (χ2n) is 1.96. The average Bonchev–Trinajstić information content (AvgIpc) is 2.34. The van der Waals surface area contributed by atoms with Crippen LogP contribution in [0.5, 0.6) is 0 Å². The van der Waals surface area contributed by atoms with Crippen molar-refractivity contribution < 1.29 is 4.79 Å². The van der Waals surface area contributed by atoms with Crippen molar-refractivity contribution in [1.82, 2.24) is 0 Å². The Bertz CT molecular complexity index is 258. The molecule has 0 fully saturated rings. The van der Waals surface area contributed by atoms with Crippen molar-refractivity contribution >= 4 is 22.4 Å². The van der Waals surface area contributed by atoms with E-state index in [4.69, 9.17) is 11.5 Å². The van der Waals surface area contributed by atoms with Crippen LogP contribution in [0.3, 0.4) is 0 Å². The summed E-state index contributed by atoms with van der Waals surface area (Å²) >= 11 is 1.42. The van der Waals surface area contributed by atoms with Crippen molar-refractivity contribution in [2.24, 2.45) is 11.5 Å². The normalized spacial score (nSPS) is 9.55. The lowest BCUT2D eigenvalue weighted by Crippen LogP contribution is -2.18. The third kappa shape index (κ3) is 2.21. The van der Waals surface area contributed by atoms with E-state index in [2.05, 4.69) is 5.32 Å². The predicted molar refractivity (Wildman–Crippen MR) is 45.4 cm³/mol. The van der Waals surface area contributed by atoms with Crippen LogP contribution in [0.4, 0.5) is 9.80 Å². The van der Waals surface area contributed by atoms with Crippen LogP contribution >= 0.6 is 11.3 Å². The van der Waals surface area contributed by atoms with E-state index in [0.29, 0.717) is 6.54 Å². The van der Waals surface area contributed by atoms with Gasteiger partial charge in [-0.3, -0.25) is 5.32 Å². The van der Waals surface area contributed by atoms with Crippen LogP contribution in [0.25, 0.3) is 0 Å². The highest BCUT2D eigenvalue weighted by Gasteiger charge is 1.98. The summed E-state index contributed by atoms with van der Waals surface area (Å²) in [6.07, 6.45) is 0. The molecule has 1 aromatic rings. The van der Waals surface area contributed by atoms with E-state index in [1.807, 2.05) is 6.07 Å². The SMILES string of the molecule is NCc1ccc(NC(N)=O)s1. The molecule has 5 heteroatoms. The molecular formula is C6H9N3OS. The fraction of sp³-hybridized carbons (Fsp3) is 0.167. The molecule has 5 N–H and O–H groups in total. The van der Waals surface area contributed by atoms with Crippen molar-refractivity contribution in [3.8, 4) is 0 Å². The van der Waals surface area contributed by atoms with Gasteiger partial charge in [0.25, 0.3) is 0 Å². The Morgan fingerprint density at radius 1 is 1.64 bits per heavy atom. The smallest absolute Gasteiger partial charge is 0.317 e. The fourth-order valence-corrected chi connectivity index (χ4v) is 1.47. The standard InChI is InChI=1S/C6H9N3OS/c7-3-4-1-2-5(11-4)9-6(8)10/h1-2H,3,7H2,(H3,8,9,10). The second kappa shape index (κ2) is 3.36. The molecule has 60 valence electrons. The van der Waals surface area contributed by atoms with Gasteiger partial charge in [-0.05, 0) is 12.1 Å². The van der Waals surface area contributed by atoms with Crippen LogP contribution in [0.15, 0.2) is 12.1 Å². The Morgan fingerprint density at radius 2 is 2.36 bits per heavy atom. The van der Waals surface area contributed by atoms with E-state index >= 15 is 0 Å². The maximum Gasteiger partial charge on any atom is 0.317 e. The zero-order chi connectivity index (χ0) is 8.27. The number of carbonyl (C=O) groups is 1. The van der Waals surface area contributed by atoms with E-state index < -0.39 is 6.03 Å². The molecule has 1 aromatic heterocycles. The topological polar surface area (TPSA) is 81.1 Å². The molecule has 0 radical (unpaired) electrons. The Morgan fingerprint density at radius 3 is 2.82 bits per heavy atom. The van der Waals surface area contributed by atoms with Gasteiger partial charge in [0.15, 0.2) is 0 Å². The summed E-state index contributed by atoms with van der Waals surface area (Å²) in [6.45, 7) is 0.491. The Kier molecular flexibility index (Phi) is 2.45. The number of thiophene rings is 1. The number of hydrogen-bond acceptors (Lipinski definition) is 3. The molecule has 0 aliphatic rings. The second-order valence-corrected chi connectivity index (χ2v) is 3.13. The molecule has 1 heterocycles. The van der Waals surface area contributed by atoms with Gasteiger partial charge < -0.3 is 11.5 Å². The van der Waals surface area contributed by atoms with Crippen molar-refractivity contribution in [2.45, 2.75) is 6.54 Å². The van der Waals surface area contributed by atoms with Gasteiger partial charge in [0.05, 0.1) is 5.00 Å². The zero-order valence-corrected chi connectivity index (χ0v) is 6.65. The van der Waals surface area contributed by atoms with Gasteiger partial charge in [0.1, 0.15) is 0 Å². The highest BCUT2D eigenvalue weighted by atomic mass is 32.1. The van der Waals surface area contributed by atoms with Gasteiger partial charge >= 0.3 is 6.03 Å². The number of rotatable bonds is 2. The quantitative estimate of drug-likeness (QED) is 0.612. The minimum Gasteiger partial charge on any atom is -0.351 e. The summed E-state index contributed by atoms with van der Waals surface area (Å²) in [7, 11) is 0. The minimum absolute atomic E-state index is 0.491. The van der Waals surface area contributed by atoms with Crippen LogP contribution in [0, 0.1) is 0 Å². The molecule has 11 heavy (non-hydrogen) atoms. The molecule has 0 unspecified atom stereocenters. The third-order valence-electron chi connectivity index (χ3n) is 1.11. The van der Waals surface area contributed by atoms with Crippen molar-refractivity contribution in [1.29, 1.82) is 0 Å². The summed E-state index contributed by atoms with van der Waals surface area (Å²) in [4.78, 5) is 11.4. The number of nitrogens with one attached hydrogen (secondary N) is 1. The minimum atomic E-state index is -0.546. The van der Waals surface area contributed by atoms with Crippen molar-refractivity contribution in [3.63, 3.8) is 0 Å². The molecule has 0 aromatic carbocycles. The van der Waals surface area contributed by atoms with E-state index in [0.717, 1.165) is 9.88 Å². The van der Waals surface area contributed by atoms with Crippen LogP contribution < -0.4 is 16.8 Å². The number of carbonyl (C=O) groups excluding carboxylic acids is 1. The molecule has 0 saturated heterocycles. The number of hydrogen-bond donors (Lipinski definition) is 3. The van der Waals surface area contributed by atoms with Gasteiger partial charge in [-0.25, -0.2) is 4.79 Å². The first-order chi connectivity index (χ1) is 5.22. The van der Waals surface area contributed by atoms with Crippen LogP contribution in [-0.4, -0.2) is 6.03 Å². The Balaban J connectivity index is 2.65. The average molecular weight is 171 g/mol. The largest absolute Gasteiger partial charge is 0.351 e. The van der Waals surface area contributed by atoms with Gasteiger partial charge in [-0.2, -0.15) is 0 Å². The number of anilines is 1. The number of amides is 2. The lowest BCUT2D eigenvalue weighted by molar-refractivity contribution is 0.259. The molecule has 0 saturated carbocycles. The third-order valence-corrected chi connectivity index (χ3v) is 2.13. The number of primary amides is 1. The van der Waals surface area contributed by atoms with Crippen LogP contribution in [0.1, 0.15) is 4.88 Å². The molecule has 0 aliphatic heterocycles. The van der Waals surface area contributed by atoms with E-state index in [1.54, 1.807) is 6.07 Å². The summed E-state index contributed by atoms with van der Waals surface area (Å²) in [5.74, 6) is 0. The van der Waals surface area contributed by atoms with E-state index in [9.17, 15) is 4.79 Å². The monoisotopic (exact) mass is 171 g/mol. The summed E-state index contributed by atoms with van der Waals surface area (Å²) in [5.41, 5.74) is 10.3. The molecular weight excluding hydrogens is 162 g/mol. The van der Waals surface area contributed by atoms with Gasteiger partial charge in [0, 0.05) is 11.4 Å². The molecule has 0 aliphatic carbocycles. The van der Waals surface area contributed by atoms with Gasteiger partial charge in [0.2, 0.25) is 0 Å². The van der Waals surface area contributed by atoms with Gasteiger partial charge in [-0.15, -0.1) is 11.3 Å². The number of nitrogens with two attached hydrogens (primary N) is 2. The first-order valence-electron chi connectivity index (χ1n) is 3.07. The van der Waals surface area contributed by atoms with Crippen LogP contribution in [-0.2, 0) is 6.54 Å². The first-order valence-corrected chi connectivity index (χ1v) is 3.89. The molecule has 2 amide bonds. The maximum absolute atomic E-state index is 10.4. The predicted octanol–water partition coefficient (Wildman–Crippen LogP) is 0.697. The zero-order valence-electron chi connectivity index (χ0n) is 5.83. The van der Waals surface area contributed by atoms with E-state index in [1.165, 1.54) is 11.3 Å². The Labute approximate surface area is 68.2 Å². The molecule has 0 bridgehead atoms. The van der Waals surface area contributed by atoms with Gasteiger partial charge in [-0.1, -0.05) is 0 Å². The summed E-state index contributed by atoms with van der Waals surface area (Å²) < 4.78 is 0. The number of urea groups is 1. The highest BCUT2D eigenvalue weighted by Crippen LogP contribution is 2.20. The van der Waals surface area contributed by atoms with Crippen LogP contribution in [0.2, 0.25) is 0 Å². The van der Waals surface area contributed by atoms with Crippen molar-refractivity contribution in [3.05, 3.63) is 17.0 Å². The summed E-state index contributed by atoms with van der Waals surface area (Å²) in [5, 5.41) is 3.20.